The van der Waals surface area contributed by atoms with Crippen LogP contribution in [0.2, 0.25) is 0 Å². The summed E-state index contributed by atoms with van der Waals surface area (Å²) in [4.78, 5) is 11.4. The van der Waals surface area contributed by atoms with Crippen molar-refractivity contribution < 1.29 is 9.84 Å². The highest BCUT2D eigenvalue weighted by molar-refractivity contribution is 5.85. The van der Waals surface area contributed by atoms with Crippen LogP contribution in [0.3, 0.4) is 0 Å². The maximum absolute atomic E-state index is 9.64. The second-order valence-electron chi connectivity index (χ2n) is 7.45. The highest BCUT2D eigenvalue weighted by atomic mass is 35.5. The van der Waals surface area contributed by atoms with Crippen LogP contribution in [0.15, 0.2) is 54.7 Å². The third-order valence-electron chi connectivity index (χ3n) is 5.07. The summed E-state index contributed by atoms with van der Waals surface area (Å²) in [6.07, 6.45) is 4.36. The number of aromatic nitrogens is 2. The molecule has 8 heteroatoms. The quantitative estimate of drug-likeness (QED) is 0.459. The summed E-state index contributed by atoms with van der Waals surface area (Å²) >= 11 is 0. The first-order valence-electron chi connectivity index (χ1n) is 10.3. The van der Waals surface area contributed by atoms with Crippen molar-refractivity contribution in [2.75, 3.05) is 36.9 Å². The first kappa shape index (κ1) is 22.7. The van der Waals surface area contributed by atoms with Crippen molar-refractivity contribution in [2.45, 2.75) is 19.8 Å². The predicted molar refractivity (Wildman–Crippen MR) is 126 cm³/mol. The van der Waals surface area contributed by atoms with Crippen LogP contribution in [0, 0.1) is 6.92 Å². The Kier molecular flexibility index (Phi) is 7.92. The molecule has 1 aliphatic heterocycles. The molecule has 7 nitrogen and oxygen atoms in total. The number of halogens is 1. The van der Waals surface area contributed by atoms with Crippen LogP contribution < -0.4 is 15.4 Å². The highest BCUT2D eigenvalue weighted by Crippen LogP contribution is 2.24. The molecule has 0 aliphatic carbocycles. The van der Waals surface area contributed by atoms with Gasteiger partial charge in [0, 0.05) is 35.7 Å². The number of aromatic hydroxyl groups is 1. The van der Waals surface area contributed by atoms with Gasteiger partial charge in [-0.2, -0.15) is 4.98 Å². The van der Waals surface area contributed by atoms with Crippen molar-refractivity contribution in [1.82, 2.24) is 14.9 Å². The standard InChI is InChI=1S/C23H27N5O2.ClH/c1-17-16-24-23(27-22(17)25-19-5-4-6-20(29)15-19)26-18-7-9-21(10-8-18)30-14-13-28-11-2-3-12-28;/h4-10,15-16,29H,2-3,11-14H2,1H3,(H2,24,25,26,27);1H. The van der Waals surface area contributed by atoms with Gasteiger partial charge in [-0.15, -0.1) is 12.4 Å². The van der Waals surface area contributed by atoms with Gasteiger partial charge in [-0.05, 0) is 69.3 Å². The summed E-state index contributed by atoms with van der Waals surface area (Å²) in [5.41, 5.74) is 2.55. The maximum Gasteiger partial charge on any atom is 0.229 e. The number of rotatable bonds is 8. The SMILES string of the molecule is Cc1cnc(Nc2ccc(OCCN3CCCC3)cc2)nc1Nc1cccc(O)c1.Cl. The van der Waals surface area contributed by atoms with Crippen LogP contribution in [-0.4, -0.2) is 46.2 Å². The van der Waals surface area contributed by atoms with E-state index in [4.69, 9.17) is 4.74 Å². The van der Waals surface area contributed by atoms with E-state index >= 15 is 0 Å². The number of benzene rings is 2. The van der Waals surface area contributed by atoms with E-state index in [9.17, 15) is 5.11 Å². The molecule has 0 atom stereocenters. The number of hydrogen-bond acceptors (Lipinski definition) is 7. The minimum Gasteiger partial charge on any atom is -0.508 e. The zero-order valence-electron chi connectivity index (χ0n) is 17.5. The van der Waals surface area contributed by atoms with Crippen molar-refractivity contribution >= 4 is 35.5 Å². The number of nitrogens with one attached hydrogen (secondary N) is 2. The summed E-state index contributed by atoms with van der Waals surface area (Å²) in [7, 11) is 0. The minimum atomic E-state index is 0. The molecule has 3 N–H and O–H groups in total. The van der Waals surface area contributed by atoms with Crippen LogP contribution in [0.5, 0.6) is 11.5 Å². The number of phenols is 1. The molecule has 0 amide bonds. The molecule has 1 aromatic heterocycles. The van der Waals surface area contributed by atoms with Crippen LogP contribution in [0.1, 0.15) is 18.4 Å². The molecule has 2 heterocycles. The molecule has 2 aromatic carbocycles. The molecule has 3 aromatic rings. The fraction of sp³-hybridized carbons (Fsp3) is 0.304. The third-order valence-corrected chi connectivity index (χ3v) is 5.07. The Morgan fingerprint density at radius 2 is 1.81 bits per heavy atom. The van der Waals surface area contributed by atoms with Gasteiger partial charge < -0.3 is 20.5 Å². The maximum atomic E-state index is 9.64. The Hall–Kier alpha value is -3.03. The lowest BCUT2D eigenvalue weighted by atomic mass is 10.3. The van der Waals surface area contributed by atoms with Crippen LogP contribution >= 0.6 is 12.4 Å². The number of ether oxygens (including phenoxy) is 1. The van der Waals surface area contributed by atoms with Crippen LogP contribution in [0.25, 0.3) is 0 Å². The predicted octanol–water partition coefficient (Wildman–Crippen LogP) is 4.87. The normalized spacial score (nSPS) is 13.5. The van der Waals surface area contributed by atoms with Gasteiger partial charge in [0.15, 0.2) is 0 Å². The number of hydrogen-bond donors (Lipinski definition) is 3. The summed E-state index contributed by atoms with van der Waals surface area (Å²) in [6.45, 7) is 5.99. The van der Waals surface area contributed by atoms with Gasteiger partial charge in [-0.1, -0.05) is 6.07 Å². The lowest BCUT2D eigenvalue weighted by molar-refractivity contribution is 0.238. The molecular weight excluding hydrogens is 414 g/mol. The first-order valence-corrected chi connectivity index (χ1v) is 10.3. The molecule has 31 heavy (non-hydrogen) atoms. The summed E-state index contributed by atoms with van der Waals surface area (Å²) < 4.78 is 5.85. The zero-order valence-corrected chi connectivity index (χ0v) is 18.4. The average Bonchev–Trinajstić information content (AvgIpc) is 3.25. The van der Waals surface area contributed by atoms with Crippen molar-refractivity contribution in [3.05, 3.63) is 60.3 Å². The largest absolute Gasteiger partial charge is 0.508 e. The fourth-order valence-electron chi connectivity index (χ4n) is 3.41. The lowest BCUT2D eigenvalue weighted by Gasteiger charge is -2.15. The molecular formula is C23H28ClN5O2. The van der Waals surface area contributed by atoms with Gasteiger partial charge >= 0.3 is 0 Å². The van der Waals surface area contributed by atoms with Crippen LogP contribution in [0.4, 0.5) is 23.1 Å². The number of anilines is 4. The van der Waals surface area contributed by atoms with Crippen molar-refractivity contribution in [3.63, 3.8) is 0 Å². The minimum absolute atomic E-state index is 0. The average molecular weight is 442 g/mol. The molecule has 1 fully saturated rings. The van der Waals surface area contributed by atoms with Crippen molar-refractivity contribution in [2.24, 2.45) is 0 Å². The van der Waals surface area contributed by atoms with Crippen molar-refractivity contribution in [1.29, 1.82) is 0 Å². The number of aryl methyl sites for hydroxylation is 1. The summed E-state index contributed by atoms with van der Waals surface area (Å²) in [5, 5.41) is 16.1. The second-order valence-corrected chi connectivity index (χ2v) is 7.45. The summed E-state index contributed by atoms with van der Waals surface area (Å²) in [6, 6.07) is 14.7. The van der Waals surface area contributed by atoms with Gasteiger partial charge in [-0.25, -0.2) is 4.98 Å². The molecule has 1 aliphatic rings. The third kappa shape index (κ3) is 6.47. The fourth-order valence-corrected chi connectivity index (χ4v) is 3.41. The first-order chi connectivity index (χ1) is 14.7. The molecule has 0 radical (unpaired) electrons. The Labute approximate surface area is 188 Å². The van der Waals surface area contributed by atoms with Gasteiger partial charge in [-0.3, -0.25) is 4.90 Å². The van der Waals surface area contributed by atoms with E-state index in [1.54, 1.807) is 24.4 Å². The van der Waals surface area contributed by atoms with Gasteiger partial charge in [0.05, 0.1) is 0 Å². The van der Waals surface area contributed by atoms with E-state index < -0.39 is 0 Å². The Morgan fingerprint density at radius 1 is 1.03 bits per heavy atom. The molecule has 1 saturated heterocycles. The summed E-state index contributed by atoms with van der Waals surface area (Å²) in [5.74, 6) is 2.23. The van der Waals surface area contributed by atoms with Gasteiger partial charge in [0.25, 0.3) is 0 Å². The Bertz CT molecular complexity index is 978. The van der Waals surface area contributed by atoms with E-state index in [0.29, 0.717) is 18.4 Å². The zero-order chi connectivity index (χ0) is 20.8. The van der Waals surface area contributed by atoms with Crippen LogP contribution in [-0.2, 0) is 0 Å². The molecule has 0 saturated carbocycles. The number of likely N-dealkylation sites (tertiary alicyclic amines) is 1. The molecule has 0 spiro atoms. The van der Waals surface area contributed by atoms with Gasteiger partial charge in [0.2, 0.25) is 5.95 Å². The molecule has 0 bridgehead atoms. The highest BCUT2D eigenvalue weighted by Gasteiger charge is 2.11. The molecule has 4 rings (SSSR count). The lowest BCUT2D eigenvalue weighted by Crippen LogP contribution is -2.25. The van der Waals surface area contributed by atoms with E-state index in [-0.39, 0.29) is 18.2 Å². The van der Waals surface area contributed by atoms with Crippen molar-refractivity contribution in [3.8, 4) is 11.5 Å². The van der Waals surface area contributed by atoms with E-state index in [2.05, 4.69) is 25.5 Å². The van der Waals surface area contributed by atoms with E-state index in [1.165, 1.54) is 25.9 Å². The molecule has 0 unspecified atom stereocenters. The smallest absolute Gasteiger partial charge is 0.229 e. The second kappa shape index (κ2) is 10.8. The number of phenolic OH excluding ortho intramolecular Hbond substituents is 1. The Balaban J connectivity index is 0.00000272. The number of nitrogens with zero attached hydrogens (tertiary/aromatic N) is 3. The van der Waals surface area contributed by atoms with E-state index in [1.807, 2.05) is 37.3 Å². The topological polar surface area (TPSA) is 82.5 Å². The molecule has 164 valence electrons. The van der Waals surface area contributed by atoms with Gasteiger partial charge in [0.1, 0.15) is 23.9 Å². The Morgan fingerprint density at radius 3 is 2.55 bits per heavy atom. The monoisotopic (exact) mass is 441 g/mol. The van der Waals surface area contributed by atoms with E-state index in [0.717, 1.165) is 29.2 Å².